The molecule has 1 aromatic heterocycles. The molecular weight excluding hydrogens is 455 g/mol. The fourth-order valence-electron chi connectivity index (χ4n) is 4.34. The first-order valence-electron chi connectivity index (χ1n) is 11.8. The van der Waals surface area contributed by atoms with Gasteiger partial charge in [-0.2, -0.15) is 17.9 Å². The summed E-state index contributed by atoms with van der Waals surface area (Å²) in [7, 11) is 0. The van der Waals surface area contributed by atoms with Crippen molar-refractivity contribution in [2.75, 3.05) is 26.2 Å². The highest BCUT2D eigenvalue weighted by atomic mass is 19.4. The SMILES string of the molecule is FC(F)(F)c1cccc(N=c2on(-c3cccc(OCCCN4CCCC4)c3)c3ccccc23)c1. The van der Waals surface area contributed by atoms with E-state index in [1.807, 2.05) is 48.5 Å². The zero-order valence-corrected chi connectivity index (χ0v) is 19.2. The number of benzene rings is 3. The molecule has 0 atom stereocenters. The van der Waals surface area contributed by atoms with Crippen LogP contribution in [0.25, 0.3) is 16.6 Å². The zero-order valence-electron chi connectivity index (χ0n) is 19.2. The van der Waals surface area contributed by atoms with Gasteiger partial charge in [0.15, 0.2) is 0 Å². The van der Waals surface area contributed by atoms with Gasteiger partial charge in [-0.1, -0.05) is 24.3 Å². The first-order valence-corrected chi connectivity index (χ1v) is 11.8. The molecule has 2 heterocycles. The first-order chi connectivity index (χ1) is 17.0. The van der Waals surface area contributed by atoms with Crippen molar-refractivity contribution < 1.29 is 22.4 Å². The minimum absolute atomic E-state index is 0.168. The van der Waals surface area contributed by atoms with Gasteiger partial charge in [-0.05, 0) is 74.8 Å². The van der Waals surface area contributed by atoms with E-state index in [0.29, 0.717) is 12.0 Å². The number of nitrogens with zero attached hydrogens (tertiary/aromatic N) is 3. The summed E-state index contributed by atoms with van der Waals surface area (Å²) in [5.74, 6) is 0.730. The number of likely N-dealkylation sites (tertiary alicyclic amines) is 1. The highest BCUT2D eigenvalue weighted by molar-refractivity contribution is 5.79. The summed E-state index contributed by atoms with van der Waals surface area (Å²) < 4.78 is 53.0. The number of alkyl halides is 3. The number of ether oxygens (including phenoxy) is 1. The van der Waals surface area contributed by atoms with Crippen molar-refractivity contribution in [1.29, 1.82) is 0 Å². The van der Waals surface area contributed by atoms with Gasteiger partial charge in [0.1, 0.15) is 5.75 Å². The fourth-order valence-corrected chi connectivity index (χ4v) is 4.34. The maximum atomic E-state index is 13.1. The number of halogens is 3. The van der Waals surface area contributed by atoms with E-state index in [1.165, 1.54) is 38.1 Å². The van der Waals surface area contributed by atoms with Crippen molar-refractivity contribution in [2.45, 2.75) is 25.4 Å². The van der Waals surface area contributed by atoms with Gasteiger partial charge in [-0.3, -0.25) is 0 Å². The molecule has 8 heteroatoms. The Labute approximate surface area is 201 Å². The van der Waals surface area contributed by atoms with Crippen molar-refractivity contribution in [1.82, 2.24) is 9.64 Å². The molecule has 0 saturated carbocycles. The normalized spacial score (nSPS) is 15.2. The second kappa shape index (κ2) is 10.00. The molecule has 0 amide bonds. The molecule has 1 aliphatic rings. The molecule has 1 aliphatic heterocycles. The van der Waals surface area contributed by atoms with Crippen LogP contribution in [-0.4, -0.2) is 35.9 Å². The maximum Gasteiger partial charge on any atom is 0.416 e. The van der Waals surface area contributed by atoms with E-state index >= 15 is 0 Å². The summed E-state index contributed by atoms with van der Waals surface area (Å²) >= 11 is 0. The lowest BCUT2D eigenvalue weighted by Gasteiger charge is -2.14. The number of para-hydroxylation sites is 1. The molecule has 0 aliphatic carbocycles. The standard InChI is InChI=1S/C27H26F3N3O2/c28-27(29,30)20-8-5-9-21(18-20)31-26-24-12-1-2-13-25(24)33(35-26)22-10-6-11-23(19-22)34-17-7-16-32-14-3-4-15-32/h1-2,5-6,8-13,18-19H,3-4,7,14-17H2. The van der Waals surface area contributed by atoms with Gasteiger partial charge in [0, 0.05) is 12.6 Å². The molecule has 5 rings (SSSR count). The minimum Gasteiger partial charge on any atom is -0.493 e. The molecule has 3 aromatic carbocycles. The molecule has 0 bridgehead atoms. The fraction of sp³-hybridized carbons (Fsp3) is 0.296. The summed E-state index contributed by atoms with van der Waals surface area (Å²) in [5, 5.41) is 0.696. The average molecular weight is 482 g/mol. The minimum atomic E-state index is -4.44. The topological polar surface area (TPSA) is 42.9 Å². The quantitative estimate of drug-likeness (QED) is 0.289. The predicted octanol–water partition coefficient (Wildman–Crippen LogP) is 6.34. The smallest absolute Gasteiger partial charge is 0.416 e. The molecule has 0 N–H and O–H groups in total. The summed E-state index contributed by atoms with van der Waals surface area (Å²) in [6.45, 7) is 4.01. The Morgan fingerprint density at radius 3 is 2.54 bits per heavy atom. The maximum absolute atomic E-state index is 13.1. The van der Waals surface area contributed by atoms with E-state index in [2.05, 4.69) is 9.89 Å². The summed E-state index contributed by atoms with van der Waals surface area (Å²) in [6.07, 6.45) is -0.925. The van der Waals surface area contributed by atoms with Crippen LogP contribution in [0.2, 0.25) is 0 Å². The second-order valence-corrected chi connectivity index (χ2v) is 8.62. The van der Waals surface area contributed by atoms with Gasteiger partial charge in [-0.15, -0.1) is 0 Å². The third kappa shape index (κ3) is 5.43. The van der Waals surface area contributed by atoms with E-state index in [0.717, 1.165) is 42.1 Å². The Bertz CT molecular complexity index is 1370. The summed E-state index contributed by atoms with van der Waals surface area (Å²) in [6, 6.07) is 19.9. The van der Waals surface area contributed by atoms with Crippen LogP contribution in [0, 0.1) is 0 Å². The van der Waals surface area contributed by atoms with Crippen LogP contribution in [0.5, 0.6) is 5.75 Å². The van der Waals surface area contributed by atoms with Gasteiger partial charge in [0.25, 0.3) is 5.55 Å². The third-order valence-electron chi connectivity index (χ3n) is 6.07. The van der Waals surface area contributed by atoms with E-state index in [-0.39, 0.29) is 11.2 Å². The molecule has 35 heavy (non-hydrogen) atoms. The van der Waals surface area contributed by atoms with Gasteiger partial charge in [0.05, 0.1) is 34.4 Å². The van der Waals surface area contributed by atoms with Crippen molar-refractivity contribution >= 4 is 16.6 Å². The molecule has 0 unspecified atom stereocenters. The number of hydrogen-bond donors (Lipinski definition) is 0. The van der Waals surface area contributed by atoms with E-state index in [4.69, 9.17) is 9.26 Å². The number of rotatable bonds is 7. The predicted molar refractivity (Wildman–Crippen MR) is 128 cm³/mol. The Kier molecular flexibility index (Phi) is 6.63. The Balaban J connectivity index is 1.42. The van der Waals surface area contributed by atoms with Crippen LogP contribution in [0.4, 0.5) is 18.9 Å². The summed E-state index contributed by atoms with van der Waals surface area (Å²) in [5.41, 5.74) is 1.14. The summed E-state index contributed by atoms with van der Waals surface area (Å²) in [4.78, 5) is 6.85. The lowest BCUT2D eigenvalue weighted by molar-refractivity contribution is -0.137. The largest absolute Gasteiger partial charge is 0.493 e. The van der Waals surface area contributed by atoms with E-state index in [9.17, 15) is 13.2 Å². The zero-order chi connectivity index (χ0) is 24.3. The Hall–Kier alpha value is -3.52. The van der Waals surface area contributed by atoms with Gasteiger partial charge >= 0.3 is 6.18 Å². The number of fused-ring (bicyclic) bond motifs is 1. The molecule has 1 fully saturated rings. The van der Waals surface area contributed by atoms with Crippen molar-refractivity contribution in [3.8, 4) is 11.4 Å². The second-order valence-electron chi connectivity index (χ2n) is 8.62. The molecule has 4 aromatic rings. The molecule has 1 saturated heterocycles. The van der Waals surface area contributed by atoms with Crippen molar-refractivity contribution in [2.24, 2.45) is 4.99 Å². The van der Waals surface area contributed by atoms with Gasteiger partial charge in [-0.25, -0.2) is 4.99 Å². The van der Waals surface area contributed by atoms with Crippen LogP contribution >= 0.6 is 0 Å². The average Bonchev–Trinajstić information content (AvgIpc) is 3.50. The first kappa shape index (κ1) is 23.2. The number of hydrogen-bond acceptors (Lipinski definition) is 4. The lowest BCUT2D eigenvalue weighted by Crippen LogP contribution is -2.21. The van der Waals surface area contributed by atoms with E-state index < -0.39 is 11.7 Å². The molecule has 5 nitrogen and oxygen atoms in total. The molecule has 0 spiro atoms. The third-order valence-corrected chi connectivity index (χ3v) is 6.07. The van der Waals surface area contributed by atoms with Crippen LogP contribution in [-0.2, 0) is 6.18 Å². The van der Waals surface area contributed by atoms with Crippen LogP contribution in [0.1, 0.15) is 24.8 Å². The van der Waals surface area contributed by atoms with Crippen LogP contribution < -0.4 is 10.3 Å². The lowest BCUT2D eigenvalue weighted by atomic mass is 10.2. The molecule has 0 radical (unpaired) electrons. The Morgan fingerprint density at radius 1 is 0.914 bits per heavy atom. The monoisotopic (exact) mass is 481 g/mol. The van der Waals surface area contributed by atoms with Gasteiger partial charge < -0.3 is 14.2 Å². The Morgan fingerprint density at radius 2 is 1.71 bits per heavy atom. The highest BCUT2D eigenvalue weighted by Crippen LogP contribution is 2.31. The van der Waals surface area contributed by atoms with Gasteiger partial charge in [0.2, 0.25) is 0 Å². The number of aromatic nitrogens is 1. The molecular formula is C27H26F3N3O2. The van der Waals surface area contributed by atoms with Crippen LogP contribution in [0.15, 0.2) is 82.3 Å². The molecule has 182 valence electrons. The van der Waals surface area contributed by atoms with Crippen LogP contribution in [0.3, 0.4) is 0 Å². The van der Waals surface area contributed by atoms with Crippen molar-refractivity contribution in [3.05, 3.63) is 83.9 Å². The van der Waals surface area contributed by atoms with E-state index in [1.54, 1.807) is 4.74 Å². The van der Waals surface area contributed by atoms with Crippen molar-refractivity contribution in [3.63, 3.8) is 0 Å². The highest BCUT2D eigenvalue weighted by Gasteiger charge is 2.30.